The highest BCUT2D eigenvalue weighted by Crippen LogP contribution is 2.41. The van der Waals surface area contributed by atoms with E-state index in [1.807, 2.05) is 78.6 Å². The number of nitrogens with zero attached hydrogens (tertiary/aromatic N) is 3. The van der Waals surface area contributed by atoms with Crippen LogP contribution in [0.3, 0.4) is 0 Å². The summed E-state index contributed by atoms with van der Waals surface area (Å²) in [6, 6.07) is 17.7. The highest BCUT2D eigenvalue weighted by Gasteiger charge is 2.35. The van der Waals surface area contributed by atoms with Gasteiger partial charge in [-0.15, -0.1) is 0 Å². The minimum absolute atomic E-state index is 0.0619. The molecule has 172 valence electrons. The Kier molecular flexibility index (Phi) is 5.76. The van der Waals surface area contributed by atoms with Gasteiger partial charge in [-0.05, 0) is 29.3 Å². The van der Waals surface area contributed by atoms with Crippen LogP contribution in [0, 0.1) is 0 Å². The maximum Gasteiger partial charge on any atom is 0.221 e. The maximum absolute atomic E-state index is 11.4. The Labute approximate surface area is 198 Å². The molecule has 34 heavy (non-hydrogen) atoms. The van der Waals surface area contributed by atoms with Gasteiger partial charge in [0.25, 0.3) is 0 Å². The number of hydrogen-bond donors (Lipinski definition) is 1. The molecule has 0 radical (unpaired) electrons. The van der Waals surface area contributed by atoms with Crippen LogP contribution < -0.4 is 5.73 Å². The summed E-state index contributed by atoms with van der Waals surface area (Å²) >= 11 is 0. The van der Waals surface area contributed by atoms with Crippen molar-refractivity contribution in [1.82, 2.24) is 9.78 Å². The van der Waals surface area contributed by atoms with E-state index in [1.54, 1.807) is 7.11 Å². The molecule has 0 spiro atoms. The van der Waals surface area contributed by atoms with Crippen LogP contribution in [0.25, 0.3) is 11.3 Å². The minimum Gasteiger partial charge on any atom is -0.493 e. The van der Waals surface area contributed by atoms with E-state index in [-0.39, 0.29) is 24.3 Å². The molecular formula is C27H26N4O3. The standard InChI is InChI=1S/C27H26N4O3/c1-31-22-15-29-21-14-23(33-2)24(34-16-17-7-4-3-5-8-17)13-20(21)26(22)27(30-31)19-10-6-9-18(11-19)12-25(28)32/h3-11,13-15,20-21H,12,16H2,1-2H3,(H2,28,32). The van der Waals surface area contributed by atoms with Gasteiger partial charge in [0, 0.05) is 30.3 Å². The molecule has 0 bridgehead atoms. The number of methoxy groups -OCH3 is 1. The number of benzene rings is 2. The molecule has 2 aliphatic rings. The number of carbonyl (C=O) groups is 1. The second kappa shape index (κ2) is 9.02. The van der Waals surface area contributed by atoms with Crippen LogP contribution in [-0.2, 0) is 34.3 Å². The quantitative estimate of drug-likeness (QED) is 0.590. The minimum atomic E-state index is -0.361. The first-order valence-corrected chi connectivity index (χ1v) is 11.2. The zero-order valence-electron chi connectivity index (χ0n) is 19.1. The molecule has 3 aromatic rings. The number of ether oxygens (including phenoxy) is 2. The largest absolute Gasteiger partial charge is 0.493 e. The number of carbonyl (C=O) groups excluding carboxylic acids is 1. The van der Waals surface area contributed by atoms with Crippen molar-refractivity contribution in [2.75, 3.05) is 7.11 Å². The van der Waals surface area contributed by atoms with Crippen LogP contribution >= 0.6 is 0 Å². The summed E-state index contributed by atoms with van der Waals surface area (Å²) in [6.07, 6.45) is 6.15. The molecule has 7 nitrogen and oxygen atoms in total. The SMILES string of the molecule is COC1=CC2N=Cc3c(c(-c4cccc(CC(N)=O)c4)nn3C)C2C=C1OCc1ccccc1. The first-order chi connectivity index (χ1) is 16.5. The molecule has 5 rings (SSSR count). The molecule has 2 aromatic carbocycles. The summed E-state index contributed by atoms with van der Waals surface area (Å²) in [5, 5.41) is 4.82. The number of rotatable bonds is 7. The Hall–Kier alpha value is -4.13. The van der Waals surface area contributed by atoms with E-state index in [2.05, 4.69) is 6.08 Å². The van der Waals surface area contributed by atoms with Crippen LogP contribution in [0.4, 0.5) is 0 Å². The molecule has 2 unspecified atom stereocenters. The average molecular weight is 455 g/mol. The van der Waals surface area contributed by atoms with Crippen LogP contribution in [-0.4, -0.2) is 35.1 Å². The van der Waals surface area contributed by atoms with Crippen LogP contribution in [0.5, 0.6) is 0 Å². The molecule has 2 heterocycles. The summed E-state index contributed by atoms with van der Waals surface area (Å²) in [4.78, 5) is 16.2. The Morgan fingerprint density at radius 1 is 1.06 bits per heavy atom. The molecule has 7 heteroatoms. The Morgan fingerprint density at radius 3 is 2.62 bits per heavy atom. The van der Waals surface area contributed by atoms with Crippen LogP contribution in [0.2, 0.25) is 0 Å². The molecule has 2 atom stereocenters. The lowest BCUT2D eigenvalue weighted by Gasteiger charge is -2.29. The summed E-state index contributed by atoms with van der Waals surface area (Å²) in [7, 11) is 3.56. The van der Waals surface area contributed by atoms with Gasteiger partial charge in [0.15, 0.2) is 11.5 Å². The maximum atomic E-state index is 11.4. The molecule has 1 amide bonds. The fourth-order valence-electron chi connectivity index (χ4n) is 4.53. The molecule has 1 aliphatic heterocycles. The second-order valence-corrected chi connectivity index (χ2v) is 8.45. The van der Waals surface area contributed by atoms with Crippen LogP contribution in [0.15, 0.2) is 83.3 Å². The number of aryl methyl sites for hydroxylation is 1. The number of hydrogen-bond acceptors (Lipinski definition) is 5. The smallest absolute Gasteiger partial charge is 0.221 e. The summed E-state index contributed by atoms with van der Waals surface area (Å²) in [5.41, 5.74) is 11.2. The number of amides is 1. The molecule has 0 fully saturated rings. The zero-order valence-corrected chi connectivity index (χ0v) is 19.1. The van der Waals surface area contributed by atoms with E-state index in [0.717, 1.165) is 33.6 Å². The van der Waals surface area contributed by atoms with Gasteiger partial charge in [0.2, 0.25) is 5.91 Å². The van der Waals surface area contributed by atoms with E-state index >= 15 is 0 Å². The third-order valence-corrected chi connectivity index (χ3v) is 6.13. The lowest BCUT2D eigenvalue weighted by atomic mass is 9.83. The highest BCUT2D eigenvalue weighted by molar-refractivity contribution is 5.87. The van der Waals surface area contributed by atoms with E-state index < -0.39 is 0 Å². The number of fused-ring (bicyclic) bond motifs is 3. The van der Waals surface area contributed by atoms with Crippen molar-refractivity contribution in [3.63, 3.8) is 0 Å². The van der Waals surface area contributed by atoms with Gasteiger partial charge in [-0.25, -0.2) is 0 Å². The van der Waals surface area contributed by atoms with Crippen molar-refractivity contribution in [2.24, 2.45) is 17.8 Å². The van der Waals surface area contributed by atoms with Crippen molar-refractivity contribution in [3.8, 4) is 11.3 Å². The van der Waals surface area contributed by atoms with Gasteiger partial charge in [0.05, 0.1) is 31.0 Å². The molecule has 2 N–H and O–H groups in total. The molecule has 0 saturated carbocycles. The van der Waals surface area contributed by atoms with Gasteiger partial charge in [-0.2, -0.15) is 5.10 Å². The molecule has 0 saturated heterocycles. The van der Waals surface area contributed by atoms with E-state index in [9.17, 15) is 4.79 Å². The molecule has 1 aromatic heterocycles. The Morgan fingerprint density at radius 2 is 1.85 bits per heavy atom. The van der Waals surface area contributed by atoms with Gasteiger partial charge < -0.3 is 15.2 Å². The Balaban J connectivity index is 1.53. The summed E-state index contributed by atoms with van der Waals surface area (Å²) < 4.78 is 13.7. The lowest BCUT2D eigenvalue weighted by molar-refractivity contribution is -0.117. The van der Waals surface area contributed by atoms with E-state index in [0.29, 0.717) is 18.1 Å². The van der Waals surface area contributed by atoms with Crippen molar-refractivity contribution < 1.29 is 14.3 Å². The summed E-state index contributed by atoms with van der Waals surface area (Å²) in [5.74, 6) is 0.938. The average Bonchev–Trinajstić information content (AvgIpc) is 3.19. The van der Waals surface area contributed by atoms with Crippen LogP contribution in [0.1, 0.15) is 28.3 Å². The number of nitrogens with two attached hydrogens (primary N) is 1. The number of aromatic nitrogens is 2. The second-order valence-electron chi connectivity index (χ2n) is 8.45. The first-order valence-electron chi connectivity index (χ1n) is 11.2. The third-order valence-electron chi connectivity index (χ3n) is 6.13. The van der Waals surface area contributed by atoms with Crippen molar-refractivity contribution in [2.45, 2.75) is 25.0 Å². The van der Waals surface area contributed by atoms with Gasteiger partial charge in [-0.1, -0.05) is 48.5 Å². The summed E-state index contributed by atoms with van der Waals surface area (Å²) in [6.45, 7) is 0.440. The molecular weight excluding hydrogens is 428 g/mol. The van der Waals surface area contributed by atoms with E-state index in [1.165, 1.54) is 0 Å². The Bertz CT molecular complexity index is 1320. The van der Waals surface area contributed by atoms with Gasteiger partial charge >= 0.3 is 0 Å². The fourth-order valence-corrected chi connectivity index (χ4v) is 4.53. The van der Waals surface area contributed by atoms with Crippen molar-refractivity contribution >= 4 is 12.1 Å². The highest BCUT2D eigenvalue weighted by atomic mass is 16.5. The van der Waals surface area contributed by atoms with Gasteiger partial charge in [-0.3, -0.25) is 14.5 Å². The monoisotopic (exact) mass is 454 g/mol. The normalized spacial score (nSPS) is 18.4. The van der Waals surface area contributed by atoms with Crippen molar-refractivity contribution in [3.05, 3.63) is 101 Å². The fraction of sp³-hybridized carbons (Fsp3) is 0.222. The topological polar surface area (TPSA) is 91.7 Å². The predicted molar refractivity (Wildman–Crippen MR) is 130 cm³/mol. The van der Waals surface area contributed by atoms with E-state index in [4.69, 9.17) is 25.3 Å². The predicted octanol–water partition coefficient (Wildman–Crippen LogP) is 3.64. The third kappa shape index (κ3) is 4.12. The van der Waals surface area contributed by atoms with Crippen molar-refractivity contribution in [1.29, 1.82) is 0 Å². The van der Waals surface area contributed by atoms with Gasteiger partial charge in [0.1, 0.15) is 6.61 Å². The molecule has 1 aliphatic carbocycles. The lowest BCUT2D eigenvalue weighted by Crippen LogP contribution is -2.24. The zero-order chi connectivity index (χ0) is 23.7. The first kappa shape index (κ1) is 21.7. The number of primary amides is 1. The number of aliphatic imine (C=N–C) groups is 1.